The Hall–Kier alpha value is -1.89. The summed E-state index contributed by atoms with van der Waals surface area (Å²) in [4.78, 5) is 36.6. The first-order valence-corrected chi connectivity index (χ1v) is 15.4. The maximum Gasteiger partial charge on any atom is 0.362 e. The van der Waals surface area contributed by atoms with E-state index in [0.717, 1.165) is 25.7 Å². The minimum atomic E-state index is -1.37. The lowest BCUT2D eigenvalue weighted by molar-refractivity contribution is -0.974. The van der Waals surface area contributed by atoms with Crippen molar-refractivity contribution >= 4 is 17.9 Å². The van der Waals surface area contributed by atoms with Gasteiger partial charge in [-0.2, -0.15) is 0 Å². The van der Waals surface area contributed by atoms with Crippen LogP contribution in [0.2, 0.25) is 0 Å². The van der Waals surface area contributed by atoms with Gasteiger partial charge in [0.25, 0.3) is 0 Å². The number of rotatable bonds is 26. The molecule has 7 heteroatoms. The molecule has 0 fully saturated rings. The first-order valence-electron chi connectivity index (χ1n) is 15.4. The molecule has 222 valence electrons. The number of carbonyl (C=O) groups is 3. The van der Waals surface area contributed by atoms with Gasteiger partial charge in [-0.15, -0.1) is 0 Å². The molecular formula is C31H57NO6. The molecule has 0 heterocycles. The van der Waals surface area contributed by atoms with E-state index in [0.29, 0.717) is 6.42 Å². The highest BCUT2D eigenvalue weighted by atomic mass is 16.4. The molecule has 0 aliphatic rings. The van der Waals surface area contributed by atoms with Gasteiger partial charge in [-0.1, -0.05) is 104 Å². The zero-order valence-corrected chi connectivity index (χ0v) is 24.8. The minimum Gasteiger partial charge on any atom is -0.544 e. The van der Waals surface area contributed by atoms with Crippen molar-refractivity contribution in [3.05, 3.63) is 12.2 Å². The summed E-state index contributed by atoms with van der Waals surface area (Å²) < 4.78 is -0.467. The monoisotopic (exact) mass is 539 g/mol. The van der Waals surface area contributed by atoms with E-state index < -0.39 is 40.5 Å². The molecular weight excluding hydrogens is 482 g/mol. The number of unbranched alkanes of at least 4 members (excludes halogenated alkanes) is 13. The summed E-state index contributed by atoms with van der Waals surface area (Å²) in [5.41, 5.74) is 0. The predicted molar refractivity (Wildman–Crippen MR) is 152 cm³/mol. The van der Waals surface area contributed by atoms with Crippen LogP contribution in [0.15, 0.2) is 12.2 Å². The average Bonchev–Trinajstić information content (AvgIpc) is 2.86. The fourth-order valence-electron chi connectivity index (χ4n) is 6.06. The molecule has 0 amide bonds. The van der Waals surface area contributed by atoms with Crippen LogP contribution in [0.3, 0.4) is 0 Å². The Morgan fingerprint density at radius 3 is 1.32 bits per heavy atom. The van der Waals surface area contributed by atoms with Crippen LogP contribution in [-0.4, -0.2) is 57.3 Å². The molecule has 3 atom stereocenters. The van der Waals surface area contributed by atoms with E-state index in [1.807, 2.05) is 0 Å². The Bertz CT molecular complexity index is 622. The molecule has 38 heavy (non-hydrogen) atoms. The van der Waals surface area contributed by atoms with Crippen LogP contribution in [0.1, 0.15) is 143 Å². The zero-order valence-electron chi connectivity index (χ0n) is 24.8. The fraction of sp³-hybridized carbons (Fsp3) is 0.839. The van der Waals surface area contributed by atoms with Gasteiger partial charge >= 0.3 is 11.9 Å². The lowest BCUT2D eigenvalue weighted by Gasteiger charge is -2.51. The van der Waals surface area contributed by atoms with Crippen molar-refractivity contribution in [3.63, 3.8) is 0 Å². The summed E-state index contributed by atoms with van der Waals surface area (Å²) in [5.74, 6) is -3.65. The molecule has 0 rings (SSSR count). The van der Waals surface area contributed by atoms with Crippen LogP contribution in [0, 0.1) is 0 Å². The number of carbonyl (C=O) groups excluding carboxylic acids is 1. The zero-order chi connectivity index (χ0) is 28.8. The van der Waals surface area contributed by atoms with E-state index in [9.17, 15) is 29.7 Å². The third kappa shape index (κ3) is 12.8. The summed E-state index contributed by atoms with van der Waals surface area (Å²) in [6.07, 6.45) is 22.3. The quantitative estimate of drug-likeness (QED) is 0.0738. The highest BCUT2D eigenvalue weighted by Gasteiger charge is 2.53. The topological polar surface area (TPSA) is 115 Å². The smallest absolute Gasteiger partial charge is 0.362 e. The van der Waals surface area contributed by atoms with Crippen LogP contribution in [0.4, 0.5) is 0 Å². The molecule has 0 spiro atoms. The standard InChI is InChI=1S/C31H57NO6/c1-5-9-10-11-12-13-14-15-16-17-18-19-20-21-22-23-24-25-32(26(6-2)29(33)34,27(7-3)30(35)36)28(8-4)31(37)38/h11-12,26-28H,5-10,13-25H2,1-4H3,(H2-,33,34,35,36,37,38)/b12-11+. The summed E-state index contributed by atoms with van der Waals surface area (Å²) >= 11 is 0. The Balaban J connectivity index is 4.65. The molecule has 0 aromatic rings. The fourth-order valence-corrected chi connectivity index (χ4v) is 6.06. The first-order chi connectivity index (χ1) is 18.2. The summed E-state index contributed by atoms with van der Waals surface area (Å²) in [6, 6.07) is -3.37. The van der Waals surface area contributed by atoms with Crippen LogP contribution < -0.4 is 5.11 Å². The third-order valence-electron chi connectivity index (χ3n) is 8.05. The molecule has 0 aromatic heterocycles. The Labute approximate surface area is 232 Å². The van der Waals surface area contributed by atoms with E-state index in [1.54, 1.807) is 20.8 Å². The normalized spacial score (nSPS) is 15.7. The van der Waals surface area contributed by atoms with Crippen molar-refractivity contribution in [1.82, 2.24) is 0 Å². The number of nitrogens with zero attached hydrogens (tertiary/aromatic N) is 1. The van der Waals surface area contributed by atoms with Gasteiger partial charge in [-0.25, -0.2) is 9.59 Å². The maximum absolute atomic E-state index is 12.2. The van der Waals surface area contributed by atoms with Crippen molar-refractivity contribution in [2.75, 3.05) is 6.54 Å². The summed E-state index contributed by atoms with van der Waals surface area (Å²) in [7, 11) is 0. The molecule has 0 radical (unpaired) electrons. The summed E-state index contributed by atoms with van der Waals surface area (Å²) in [6.45, 7) is 7.49. The van der Waals surface area contributed by atoms with Gasteiger partial charge in [-0.05, 0) is 32.1 Å². The molecule has 0 bridgehead atoms. The molecule has 0 aromatic carbocycles. The first kappa shape index (κ1) is 36.1. The number of carboxylic acids is 3. The maximum atomic E-state index is 12.2. The van der Waals surface area contributed by atoms with Gasteiger partial charge < -0.3 is 20.1 Å². The second-order valence-electron chi connectivity index (χ2n) is 10.8. The van der Waals surface area contributed by atoms with Crippen molar-refractivity contribution < 1.29 is 34.2 Å². The van der Waals surface area contributed by atoms with Gasteiger partial charge in [0, 0.05) is 19.3 Å². The number of allylic oxidation sites excluding steroid dienone is 2. The minimum absolute atomic E-state index is 0.131. The largest absolute Gasteiger partial charge is 0.544 e. The van der Waals surface area contributed by atoms with E-state index >= 15 is 0 Å². The molecule has 3 unspecified atom stereocenters. The van der Waals surface area contributed by atoms with Gasteiger partial charge in [0.2, 0.25) is 0 Å². The molecule has 0 aliphatic carbocycles. The van der Waals surface area contributed by atoms with Crippen LogP contribution in [-0.2, 0) is 14.4 Å². The van der Waals surface area contributed by atoms with Crippen LogP contribution >= 0.6 is 0 Å². The number of hydrogen-bond donors (Lipinski definition) is 2. The lowest BCUT2D eigenvalue weighted by Crippen LogP contribution is -2.73. The number of aliphatic carboxylic acids is 3. The third-order valence-corrected chi connectivity index (χ3v) is 8.05. The van der Waals surface area contributed by atoms with Crippen molar-refractivity contribution in [1.29, 1.82) is 0 Å². The molecule has 2 N–H and O–H groups in total. The molecule has 0 saturated heterocycles. The van der Waals surface area contributed by atoms with Crippen molar-refractivity contribution in [2.45, 2.75) is 161 Å². The van der Waals surface area contributed by atoms with Crippen LogP contribution in [0.25, 0.3) is 0 Å². The summed E-state index contributed by atoms with van der Waals surface area (Å²) in [5, 5.41) is 32.1. The van der Waals surface area contributed by atoms with Crippen molar-refractivity contribution in [3.8, 4) is 0 Å². The second-order valence-corrected chi connectivity index (χ2v) is 10.8. The number of quaternary nitrogens is 1. The number of carboxylic acid groups (broad SMARTS) is 3. The van der Waals surface area contributed by atoms with E-state index in [4.69, 9.17) is 0 Å². The van der Waals surface area contributed by atoms with Gasteiger partial charge in [-0.3, -0.25) is 4.48 Å². The highest BCUT2D eigenvalue weighted by molar-refractivity contribution is 5.77. The second kappa shape index (κ2) is 22.0. The van der Waals surface area contributed by atoms with Crippen molar-refractivity contribution in [2.24, 2.45) is 0 Å². The molecule has 7 nitrogen and oxygen atoms in total. The van der Waals surface area contributed by atoms with Gasteiger partial charge in [0.05, 0.1) is 12.5 Å². The molecule has 0 aliphatic heterocycles. The predicted octanol–water partition coefficient (Wildman–Crippen LogP) is 6.49. The highest BCUT2D eigenvalue weighted by Crippen LogP contribution is 2.32. The van der Waals surface area contributed by atoms with Gasteiger partial charge in [0.15, 0.2) is 12.1 Å². The Morgan fingerprint density at radius 2 is 0.974 bits per heavy atom. The van der Waals surface area contributed by atoms with E-state index in [1.165, 1.54) is 64.2 Å². The van der Waals surface area contributed by atoms with E-state index in [2.05, 4.69) is 19.1 Å². The Kier molecular flexibility index (Phi) is 20.9. The van der Waals surface area contributed by atoms with E-state index in [-0.39, 0.29) is 25.8 Å². The Morgan fingerprint density at radius 1 is 0.605 bits per heavy atom. The van der Waals surface area contributed by atoms with Crippen LogP contribution in [0.5, 0.6) is 0 Å². The average molecular weight is 540 g/mol. The lowest BCUT2D eigenvalue weighted by atomic mass is 9.93. The van der Waals surface area contributed by atoms with Gasteiger partial charge in [0.1, 0.15) is 6.04 Å². The number of hydrogen-bond acceptors (Lipinski definition) is 4. The SMILES string of the molecule is CCCC/C=C/CCCCCCCCCCCCC[N+](C(CC)C(=O)[O-])(C(CC)C(=O)O)C(CC)C(=O)O. The molecule has 0 saturated carbocycles.